The third-order valence-corrected chi connectivity index (χ3v) is 6.63. The Labute approximate surface area is 220 Å². The normalized spacial score (nSPS) is 14.4. The lowest BCUT2D eigenvalue weighted by Gasteiger charge is -2.15. The Morgan fingerprint density at radius 2 is 1.94 bits per heavy atom. The van der Waals surface area contributed by atoms with Gasteiger partial charge in [-0.2, -0.15) is 0 Å². The lowest BCUT2D eigenvalue weighted by Crippen LogP contribution is -2.27. The van der Waals surface area contributed by atoms with Crippen molar-refractivity contribution in [1.29, 1.82) is 0 Å². The first-order valence-corrected chi connectivity index (χ1v) is 12.2. The molecular formula is C25H18ClFN2O5S2. The van der Waals surface area contributed by atoms with Crippen LogP contribution in [0.3, 0.4) is 0 Å². The van der Waals surface area contributed by atoms with Crippen molar-refractivity contribution in [3.8, 4) is 11.5 Å². The molecule has 1 fully saturated rings. The number of hydrogen-bond donors (Lipinski definition) is 0. The molecule has 3 aromatic rings. The summed E-state index contributed by atoms with van der Waals surface area (Å²) in [5.41, 5.74) is 1.68. The zero-order chi connectivity index (χ0) is 25.8. The first-order valence-electron chi connectivity index (χ1n) is 10.6. The van der Waals surface area contributed by atoms with Crippen molar-refractivity contribution in [2.45, 2.75) is 13.5 Å². The highest BCUT2D eigenvalue weighted by Gasteiger charge is 2.33. The third kappa shape index (κ3) is 5.67. The molecule has 1 amide bonds. The molecule has 184 valence electrons. The molecule has 0 bridgehead atoms. The quantitative estimate of drug-likeness (QED) is 0.134. The summed E-state index contributed by atoms with van der Waals surface area (Å²) in [5.74, 6) is -0.0271. The summed E-state index contributed by atoms with van der Waals surface area (Å²) in [7, 11) is 0. The Balaban J connectivity index is 1.55. The predicted molar refractivity (Wildman–Crippen MR) is 142 cm³/mol. The van der Waals surface area contributed by atoms with Crippen molar-refractivity contribution in [2.24, 2.45) is 0 Å². The smallest absolute Gasteiger partial charge is 0.270 e. The molecular weight excluding hydrogens is 527 g/mol. The van der Waals surface area contributed by atoms with Crippen LogP contribution in [-0.4, -0.2) is 21.8 Å². The van der Waals surface area contributed by atoms with E-state index in [0.717, 1.165) is 11.8 Å². The lowest BCUT2D eigenvalue weighted by molar-refractivity contribution is -0.384. The fraction of sp³-hybridized carbons (Fsp3) is 0.120. The van der Waals surface area contributed by atoms with E-state index in [1.165, 1.54) is 35.2 Å². The van der Waals surface area contributed by atoms with E-state index in [2.05, 4.69) is 0 Å². The summed E-state index contributed by atoms with van der Waals surface area (Å²) in [6.07, 6.45) is 1.68. The maximum atomic E-state index is 13.5. The third-order valence-electron chi connectivity index (χ3n) is 5.04. The number of carbonyl (C=O) groups is 1. The van der Waals surface area contributed by atoms with Crippen LogP contribution < -0.4 is 14.4 Å². The van der Waals surface area contributed by atoms with Gasteiger partial charge in [0.1, 0.15) is 12.4 Å². The van der Waals surface area contributed by atoms with Crippen LogP contribution in [0.4, 0.5) is 15.8 Å². The number of nitrogens with zero attached hydrogens (tertiary/aromatic N) is 2. The van der Waals surface area contributed by atoms with Gasteiger partial charge in [0.05, 0.1) is 27.1 Å². The zero-order valence-electron chi connectivity index (χ0n) is 18.8. The molecule has 0 atom stereocenters. The summed E-state index contributed by atoms with van der Waals surface area (Å²) < 4.78 is 25.4. The molecule has 11 heteroatoms. The molecule has 1 saturated heterocycles. The highest BCUT2D eigenvalue weighted by molar-refractivity contribution is 8.27. The fourth-order valence-corrected chi connectivity index (χ4v) is 4.86. The Kier molecular flexibility index (Phi) is 7.88. The van der Waals surface area contributed by atoms with Crippen molar-refractivity contribution in [2.75, 3.05) is 11.5 Å². The van der Waals surface area contributed by atoms with Crippen molar-refractivity contribution in [3.05, 3.63) is 97.6 Å². The minimum absolute atomic E-state index is 0.0169. The van der Waals surface area contributed by atoms with Crippen molar-refractivity contribution in [3.63, 3.8) is 0 Å². The van der Waals surface area contributed by atoms with E-state index in [4.69, 9.17) is 33.3 Å². The number of nitro benzene ring substituents is 1. The van der Waals surface area contributed by atoms with Gasteiger partial charge >= 0.3 is 0 Å². The number of benzene rings is 3. The van der Waals surface area contributed by atoms with E-state index in [1.807, 2.05) is 6.92 Å². The lowest BCUT2D eigenvalue weighted by atomic mass is 10.1. The van der Waals surface area contributed by atoms with Gasteiger partial charge in [0, 0.05) is 12.1 Å². The highest BCUT2D eigenvalue weighted by Crippen LogP contribution is 2.38. The monoisotopic (exact) mass is 544 g/mol. The first kappa shape index (κ1) is 25.6. The average molecular weight is 545 g/mol. The summed E-state index contributed by atoms with van der Waals surface area (Å²) in [6.45, 7) is 2.32. The second-order valence-corrected chi connectivity index (χ2v) is 9.55. The van der Waals surface area contributed by atoms with E-state index in [-0.39, 0.29) is 23.2 Å². The molecule has 1 aliphatic rings. The minimum Gasteiger partial charge on any atom is -0.490 e. The molecule has 0 unspecified atom stereocenters. The van der Waals surface area contributed by atoms with E-state index >= 15 is 0 Å². The average Bonchev–Trinajstić information content (AvgIpc) is 3.13. The van der Waals surface area contributed by atoms with Crippen LogP contribution in [0.15, 0.2) is 65.6 Å². The van der Waals surface area contributed by atoms with Gasteiger partial charge in [-0.05, 0) is 54.5 Å². The van der Waals surface area contributed by atoms with E-state index in [9.17, 15) is 19.3 Å². The van der Waals surface area contributed by atoms with Gasteiger partial charge in [0.2, 0.25) is 0 Å². The van der Waals surface area contributed by atoms with Gasteiger partial charge in [0.15, 0.2) is 15.8 Å². The number of amides is 1. The number of nitro groups is 1. The van der Waals surface area contributed by atoms with Crippen LogP contribution in [0.1, 0.15) is 18.1 Å². The van der Waals surface area contributed by atoms with Crippen molar-refractivity contribution in [1.82, 2.24) is 0 Å². The molecule has 0 radical (unpaired) electrons. The molecule has 7 nitrogen and oxygen atoms in total. The number of hydrogen-bond acceptors (Lipinski definition) is 7. The number of ether oxygens (including phenoxy) is 2. The van der Waals surface area contributed by atoms with Gasteiger partial charge in [-0.15, -0.1) is 0 Å². The van der Waals surface area contributed by atoms with Gasteiger partial charge < -0.3 is 9.47 Å². The zero-order valence-corrected chi connectivity index (χ0v) is 21.2. The van der Waals surface area contributed by atoms with Crippen molar-refractivity contribution < 1.29 is 23.6 Å². The molecule has 3 aromatic carbocycles. The number of non-ortho nitro benzene ring substituents is 1. The Morgan fingerprint density at radius 1 is 1.14 bits per heavy atom. The fourth-order valence-electron chi connectivity index (χ4n) is 3.39. The molecule has 0 spiro atoms. The number of thiocarbonyl (C=S) groups is 1. The number of anilines is 1. The summed E-state index contributed by atoms with van der Waals surface area (Å²) in [4.78, 5) is 25.3. The van der Waals surface area contributed by atoms with Gasteiger partial charge in [-0.3, -0.25) is 19.8 Å². The number of rotatable bonds is 8. The van der Waals surface area contributed by atoms with Crippen LogP contribution in [0.25, 0.3) is 6.08 Å². The van der Waals surface area contributed by atoms with Crippen LogP contribution >= 0.6 is 35.6 Å². The number of thioether (sulfide) groups is 1. The number of carbonyl (C=O) groups excluding carboxylic acids is 1. The molecule has 0 aliphatic carbocycles. The molecule has 36 heavy (non-hydrogen) atoms. The van der Waals surface area contributed by atoms with Crippen LogP contribution in [0.2, 0.25) is 5.02 Å². The Hall–Kier alpha value is -3.47. The van der Waals surface area contributed by atoms with Gasteiger partial charge in [-0.1, -0.05) is 53.8 Å². The molecule has 0 aromatic heterocycles. The maximum Gasteiger partial charge on any atom is 0.270 e. The predicted octanol–water partition coefficient (Wildman–Crippen LogP) is 6.77. The van der Waals surface area contributed by atoms with Crippen LogP contribution in [0, 0.1) is 15.9 Å². The largest absolute Gasteiger partial charge is 0.490 e. The minimum atomic E-state index is -0.586. The summed E-state index contributed by atoms with van der Waals surface area (Å²) >= 11 is 12.4. The van der Waals surface area contributed by atoms with Gasteiger partial charge in [0.25, 0.3) is 11.6 Å². The molecule has 1 aliphatic heterocycles. The summed E-state index contributed by atoms with van der Waals surface area (Å²) in [5, 5.41) is 10.9. The maximum absolute atomic E-state index is 13.5. The second kappa shape index (κ2) is 11.1. The molecule has 1 heterocycles. The molecule has 0 saturated carbocycles. The van der Waals surface area contributed by atoms with E-state index in [1.54, 1.807) is 36.4 Å². The molecule has 4 rings (SSSR count). The number of halogens is 2. The summed E-state index contributed by atoms with van der Waals surface area (Å²) in [6, 6.07) is 15.4. The SMILES string of the molecule is CCOc1cc(/C=C2/SC(=S)N(c3ccc(F)c(Cl)c3)C2=O)ccc1OCc1cccc([N+](=O)[O-])c1. The first-order chi connectivity index (χ1) is 17.3. The van der Waals surface area contributed by atoms with E-state index in [0.29, 0.717) is 44.1 Å². The topological polar surface area (TPSA) is 81.9 Å². The molecule has 0 N–H and O–H groups in total. The standard InChI is InChI=1S/C25H18ClFN2O5S2/c1-2-33-22-11-15(6-9-21(22)34-14-16-4-3-5-18(10-16)29(31)32)12-23-24(30)28(25(35)36-23)17-7-8-20(27)19(26)13-17/h3-13H,2,14H2,1H3/b23-12+. The highest BCUT2D eigenvalue weighted by atomic mass is 35.5. The van der Waals surface area contributed by atoms with Gasteiger partial charge in [-0.25, -0.2) is 4.39 Å². The van der Waals surface area contributed by atoms with Crippen LogP contribution in [-0.2, 0) is 11.4 Å². The second-order valence-electron chi connectivity index (χ2n) is 7.47. The Bertz CT molecular complexity index is 1400. The van der Waals surface area contributed by atoms with Crippen LogP contribution in [0.5, 0.6) is 11.5 Å². The van der Waals surface area contributed by atoms with Crippen molar-refractivity contribution >= 4 is 63.3 Å². The van der Waals surface area contributed by atoms with E-state index < -0.39 is 10.7 Å². The Morgan fingerprint density at radius 3 is 2.67 bits per heavy atom.